The van der Waals surface area contributed by atoms with Gasteiger partial charge in [-0.15, -0.1) is 11.3 Å². The number of ether oxygens (including phenoxy) is 1. The molecule has 3 heterocycles. The van der Waals surface area contributed by atoms with Gasteiger partial charge >= 0.3 is 0 Å². The average Bonchev–Trinajstić information content (AvgIpc) is 3.37. The van der Waals surface area contributed by atoms with Crippen molar-refractivity contribution in [3.05, 3.63) is 69.2 Å². The number of piperazine rings is 1. The summed E-state index contributed by atoms with van der Waals surface area (Å²) in [5.74, 6) is 1.60. The van der Waals surface area contributed by atoms with E-state index < -0.39 is 0 Å². The zero-order chi connectivity index (χ0) is 20.2. The van der Waals surface area contributed by atoms with E-state index in [1.807, 2.05) is 43.0 Å². The van der Waals surface area contributed by atoms with Gasteiger partial charge < -0.3 is 19.1 Å². The second-order valence-corrected chi connectivity index (χ2v) is 8.45. The van der Waals surface area contributed by atoms with Crippen molar-refractivity contribution in [3.8, 4) is 5.75 Å². The van der Waals surface area contributed by atoms with Gasteiger partial charge in [0.25, 0.3) is 5.91 Å². The summed E-state index contributed by atoms with van der Waals surface area (Å²) in [7, 11) is 0. The van der Waals surface area contributed by atoms with E-state index in [2.05, 4.69) is 22.7 Å². The van der Waals surface area contributed by atoms with Crippen LogP contribution in [0, 0.1) is 13.8 Å². The minimum absolute atomic E-state index is 0.0949. The molecule has 0 unspecified atom stereocenters. The Labute approximate surface area is 174 Å². The highest BCUT2D eigenvalue weighted by Gasteiger charge is 2.24. The first-order valence-electron chi connectivity index (χ1n) is 9.90. The lowest BCUT2D eigenvalue weighted by atomic mass is 10.1. The quantitative estimate of drug-likeness (QED) is 0.676. The first kappa shape index (κ1) is 19.7. The highest BCUT2D eigenvalue weighted by molar-refractivity contribution is 7.09. The maximum atomic E-state index is 12.8. The SMILES string of the molecule is Cc1noc(C)c1COc1ccc(C(=O)N2CC[NH+](Cc3cccs3)CC2)cc1. The Morgan fingerprint density at radius 3 is 2.59 bits per heavy atom. The maximum Gasteiger partial charge on any atom is 0.254 e. The van der Waals surface area contributed by atoms with E-state index in [0.29, 0.717) is 12.2 Å². The summed E-state index contributed by atoms with van der Waals surface area (Å²) < 4.78 is 11.0. The van der Waals surface area contributed by atoms with E-state index in [1.54, 1.807) is 16.2 Å². The number of hydrogen-bond donors (Lipinski definition) is 1. The van der Waals surface area contributed by atoms with Crippen molar-refractivity contribution in [2.24, 2.45) is 0 Å². The largest absolute Gasteiger partial charge is 0.489 e. The van der Waals surface area contributed by atoms with Crippen LogP contribution in [0.1, 0.15) is 32.3 Å². The molecule has 1 N–H and O–H groups in total. The second-order valence-electron chi connectivity index (χ2n) is 7.41. The Hall–Kier alpha value is -2.64. The number of aromatic nitrogens is 1. The number of aryl methyl sites for hydroxylation is 2. The summed E-state index contributed by atoms with van der Waals surface area (Å²) in [6.45, 7) is 8.81. The van der Waals surface area contributed by atoms with E-state index in [-0.39, 0.29) is 5.91 Å². The summed E-state index contributed by atoms with van der Waals surface area (Å²) in [5, 5.41) is 6.06. The third-order valence-corrected chi connectivity index (χ3v) is 6.30. The van der Waals surface area contributed by atoms with Crippen LogP contribution in [-0.2, 0) is 13.2 Å². The molecule has 1 aromatic carbocycles. The van der Waals surface area contributed by atoms with Crippen LogP contribution in [0.15, 0.2) is 46.3 Å². The Kier molecular flexibility index (Phi) is 5.97. The predicted octanol–water partition coefficient (Wildman–Crippen LogP) is 2.47. The molecule has 0 aliphatic carbocycles. The minimum atomic E-state index is 0.0949. The van der Waals surface area contributed by atoms with Crippen molar-refractivity contribution in [3.63, 3.8) is 0 Å². The normalized spacial score (nSPS) is 14.9. The van der Waals surface area contributed by atoms with E-state index in [4.69, 9.17) is 9.26 Å². The highest BCUT2D eigenvalue weighted by Crippen LogP contribution is 2.18. The van der Waals surface area contributed by atoms with Crippen molar-refractivity contribution >= 4 is 17.2 Å². The monoisotopic (exact) mass is 412 g/mol. The van der Waals surface area contributed by atoms with Gasteiger partial charge in [-0.1, -0.05) is 11.2 Å². The zero-order valence-electron chi connectivity index (χ0n) is 16.8. The van der Waals surface area contributed by atoms with Crippen molar-refractivity contribution in [2.75, 3.05) is 26.2 Å². The lowest BCUT2D eigenvalue weighted by molar-refractivity contribution is -0.917. The second kappa shape index (κ2) is 8.80. The van der Waals surface area contributed by atoms with Crippen LogP contribution in [0.2, 0.25) is 0 Å². The molecule has 0 radical (unpaired) electrons. The number of rotatable bonds is 6. The van der Waals surface area contributed by atoms with Gasteiger partial charge in [-0.05, 0) is 49.6 Å². The fourth-order valence-corrected chi connectivity index (χ4v) is 4.38. The van der Waals surface area contributed by atoms with E-state index >= 15 is 0 Å². The maximum absolute atomic E-state index is 12.8. The molecule has 152 valence electrons. The summed E-state index contributed by atoms with van der Waals surface area (Å²) in [6, 6.07) is 11.7. The van der Waals surface area contributed by atoms with Crippen molar-refractivity contribution in [2.45, 2.75) is 27.0 Å². The van der Waals surface area contributed by atoms with Gasteiger partial charge in [0.2, 0.25) is 0 Å². The Balaban J connectivity index is 1.29. The molecule has 4 rings (SSSR count). The molecule has 0 atom stereocenters. The number of hydrogen-bond acceptors (Lipinski definition) is 5. The van der Waals surface area contributed by atoms with Gasteiger partial charge in [0.1, 0.15) is 24.7 Å². The molecular weight excluding hydrogens is 386 g/mol. The topological polar surface area (TPSA) is 60.0 Å². The van der Waals surface area contributed by atoms with Crippen LogP contribution < -0.4 is 9.64 Å². The minimum Gasteiger partial charge on any atom is -0.489 e. The molecule has 2 aromatic heterocycles. The van der Waals surface area contributed by atoms with Crippen LogP contribution in [0.3, 0.4) is 0 Å². The van der Waals surface area contributed by atoms with Gasteiger partial charge in [-0.3, -0.25) is 4.79 Å². The number of benzene rings is 1. The fraction of sp³-hybridized carbons (Fsp3) is 0.364. The van der Waals surface area contributed by atoms with Gasteiger partial charge in [-0.25, -0.2) is 0 Å². The molecule has 1 fully saturated rings. The van der Waals surface area contributed by atoms with Gasteiger partial charge in [0, 0.05) is 5.56 Å². The fourth-order valence-electron chi connectivity index (χ4n) is 3.60. The number of carbonyl (C=O) groups excluding carboxylic acids is 1. The number of amides is 1. The highest BCUT2D eigenvalue weighted by atomic mass is 32.1. The first-order valence-corrected chi connectivity index (χ1v) is 10.8. The molecule has 3 aromatic rings. The summed E-state index contributed by atoms with van der Waals surface area (Å²) in [6.07, 6.45) is 0. The van der Waals surface area contributed by atoms with E-state index in [9.17, 15) is 4.79 Å². The molecule has 1 amide bonds. The Morgan fingerprint density at radius 1 is 1.21 bits per heavy atom. The van der Waals surface area contributed by atoms with Crippen molar-refractivity contribution in [1.82, 2.24) is 10.1 Å². The first-order chi connectivity index (χ1) is 14.1. The number of carbonyl (C=O) groups is 1. The average molecular weight is 413 g/mol. The smallest absolute Gasteiger partial charge is 0.254 e. The van der Waals surface area contributed by atoms with Crippen LogP contribution in [0.4, 0.5) is 0 Å². The molecule has 0 saturated carbocycles. The third kappa shape index (κ3) is 4.68. The molecule has 0 spiro atoms. The molecular formula is C22H26N3O3S+. The van der Waals surface area contributed by atoms with Gasteiger partial charge in [0.15, 0.2) is 0 Å². The van der Waals surface area contributed by atoms with Crippen molar-refractivity contribution < 1.29 is 19.0 Å². The zero-order valence-corrected chi connectivity index (χ0v) is 17.6. The lowest BCUT2D eigenvalue weighted by Gasteiger charge is -2.32. The summed E-state index contributed by atoms with van der Waals surface area (Å²) in [5.41, 5.74) is 2.51. The molecule has 6 nitrogen and oxygen atoms in total. The predicted molar refractivity (Wildman–Crippen MR) is 111 cm³/mol. The number of nitrogens with one attached hydrogen (secondary N) is 1. The Bertz CT molecular complexity index is 923. The lowest BCUT2D eigenvalue weighted by Crippen LogP contribution is -3.13. The van der Waals surface area contributed by atoms with Crippen LogP contribution in [0.5, 0.6) is 5.75 Å². The van der Waals surface area contributed by atoms with Gasteiger partial charge in [-0.2, -0.15) is 0 Å². The van der Waals surface area contributed by atoms with E-state index in [1.165, 1.54) is 4.88 Å². The molecule has 1 aliphatic heterocycles. The standard InChI is InChI=1S/C22H25N3O3S/c1-16-21(17(2)28-23-16)15-27-19-7-5-18(6-8-19)22(26)25-11-9-24(10-12-25)14-20-4-3-13-29-20/h3-8,13H,9-12,14-15H2,1-2H3/p+1. The van der Waals surface area contributed by atoms with Crippen LogP contribution in [-0.4, -0.2) is 42.1 Å². The number of quaternary nitrogens is 1. The molecule has 1 aliphatic rings. The van der Waals surface area contributed by atoms with E-state index in [0.717, 1.165) is 55.5 Å². The third-order valence-electron chi connectivity index (χ3n) is 5.43. The molecule has 0 bridgehead atoms. The number of nitrogens with zero attached hydrogens (tertiary/aromatic N) is 2. The van der Waals surface area contributed by atoms with Gasteiger partial charge in [0.05, 0.1) is 42.3 Å². The van der Waals surface area contributed by atoms with Crippen LogP contribution in [0.25, 0.3) is 0 Å². The van der Waals surface area contributed by atoms with Crippen LogP contribution >= 0.6 is 11.3 Å². The van der Waals surface area contributed by atoms with Crippen molar-refractivity contribution in [1.29, 1.82) is 0 Å². The molecule has 7 heteroatoms. The summed E-state index contributed by atoms with van der Waals surface area (Å²) in [4.78, 5) is 17.7. The molecule has 1 saturated heterocycles. The Morgan fingerprint density at radius 2 is 1.97 bits per heavy atom. The number of thiophene rings is 1. The molecule has 29 heavy (non-hydrogen) atoms. The summed E-state index contributed by atoms with van der Waals surface area (Å²) >= 11 is 1.80.